The van der Waals surface area contributed by atoms with Crippen molar-refractivity contribution in [3.05, 3.63) is 54.1 Å². The molecule has 1 saturated heterocycles. The summed E-state index contributed by atoms with van der Waals surface area (Å²) in [5.74, 6) is -1.04. The third kappa shape index (κ3) is 6.00. The van der Waals surface area contributed by atoms with Crippen LogP contribution in [0.1, 0.15) is 37.0 Å². The van der Waals surface area contributed by atoms with Gasteiger partial charge in [-0.25, -0.2) is 8.42 Å². The predicted octanol–water partition coefficient (Wildman–Crippen LogP) is 2.87. The predicted molar refractivity (Wildman–Crippen MR) is 125 cm³/mol. The lowest BCUT2D eigenvalue weighted by Gasteiger charge is -2.30. The molecule has 2 aromatic carbocycles. The van der Waals surface area contributed by atoms with E-state index in [9.17, 15) is 22.8 Å². The van der Waals surface area contributed by atoms with Crippen LogP contribution in [0.5, 0.6) is 5.75 Å². The average Bonchev–Trinajstić information content (AvgIpc) is 2.84. The maximum Gasteiger partial charge on any atom is 0.309 e. The van der Waals surface area contributed by atoms with Crippen LogP contribution < -0.4 is 10.1 Å². The number of piperidine rings is 1. The van der Waals surface area contributed by atoms with Crippen LogP contribution in [0.15, 0.2) is 53.4 Å². The second-order valence-corrected chi connectivity index (χ2v) is 9.99. The number of Topliss-reactive ketones (excluding diaryl/α,β-unsaturated/α-hetero) is 1. The van der Waals surface area contributed by atoms with Crippen molar-refractivity contribution in [1.82, 2.24) is 4.31 Å². The first-order valence-corrected chi connectivity index (χ1v) is 12.3. The zero-order valence-electron chi connectivity index (χ0n) is 19.3. The summed E-state index contributed by atoms with van der Waals surface area (Å²) in [6.07, 6.45) is -0.425. The summed E-state index contributed by atoms with van der Waals surface area (Å²) >= 11 is 0. The number of nitrogens with zero attached hydrogens (tertiary/aromatic N) is 1. The molecule has 9 nitrogen and oxygen atoms in total. The first-order valence-electron chi connectivity index (χ1n) is 10.9. The molecular formula is C24H28N2O7S. The third-order valence-electron chi connectivity index (χ3n) is 5.71. The molecule has 1 aliphatic rings. The van der Waals surface area contributed by atoms with Gasteiger partial charge in [0, 0.05) is 24.3 Å². The van der Waals surface area contributed by atoms with Gasteiger partial charge in [0.15, 0.2) is 11.9 Å². The number of carbonyl (C=O) groups is 3. The monoisotopic (exact) mass is 488 g/mol. The standard InChI is InChI=1S/C24H28N2O7S/c1-16(27)18-4-6-20(7-5-18)25-23(28)17(2)33-24(29)19-12-14-26(15-13-19)34(30,31)22-10-8-21(32-3)9-11-22/h4-11,17,19H,12-15H2,1-3H3,(H,25,28)/t17-/m1/s1. The molecule has 3 rings (SSSR count). The van der Waals surface area contributed by atoms with Gasteiger partial charge in [-0.2, -0.15) is 4.31 Å². The highest BCUT2D eigenvalue weighted by Gasteiger charge is 2.34. The van der Waals surface area contributed by atoms with Gasteiger partial charge in [0.1, 0.15) is 5.75 Å². The van der Waals surface area contributed by atoms with Crippen molar-refractivity contribution < 1.29 is 32.3 Å². The normalized spacial score (nSPS) is 15.9. The molecule has 0 bridgehead atoms. The Hall–Kier alpha value is -3.24. The van der Waals surface area contributed by atoms with Crippen LogP contribution in [0.4, 0.5) is 5.69 Å². The van der Waals surface area contributed by atoms with Gasteiger partial charge < -0.3 is 14.8 Å². The number of nitrogens with one attached hydrogen (secondary N) is 1. The van der Waals surface area contributed by atoms with Gasteiger partial charge in [-0.1, -0.05) is 0 Å². The summed E-state index contributed by atoms with van der Waals surface area (Å²) < 4.78 is 37.5. The number of rotatable bonds is 8. The number of esters is 1. The first kappa shape index (κ1) is 25.4. The van der Waals surface area contributed by atoms with Crippen LogP contribution in [0.25, 0.3) is 0 Å². The molecule has 1 heterocycles. The number of sulfonamides is 1. The summed E-state index contributed by atoms with van der Waals surface area (Å²) in [7, 11) is -2.17. The number of benzene rings is 2. The molecule has 34 heavy (non-hydrogen) atoms. The van der Waals surface area contributed by atoms with Crippen molar-refractivity contribution >= 4 is 33.4 Å². The van der Waals surface area contributed by atoms with E-state index in [0.29, 0.717) is 29.8 Å². The quantitative estimate of drug-likeness (QED) is 0.448. The smallest absolute Gasteiger partial charge is 0.309 e. The Morgan fingerprint density at radius 3 is 2.12 bits per heavy atom. The van der Waals surface area contributed by atoms with E-state index in [0.717, 1.165) is 0 Å². The second kappa shape index (κ2) is 10.8. The number of ether oxygens (including phenoxy) is 2. The fourth-order valence-corrected chi connectivity index (χ4v) is 5.05. The number of ketones is 1. The molecule has 1 aliphatic heterocycles. The largest absolute Gasteiger partial charge is 0.497 e. The van der Waals surface area contributed by atoms with Crippen molar-refractivity contribution in [3.63, 3.8) is 0 Å². The van der Waals surface area contributed by atoms with Crippen molar-refractivity contribution in [2.24, 2.45) is 5.92 Å². The van der Waals surface area contributed by atoms with E-state index < -0.39 is 33.9 Å². The van der Waals surface area contributed by atoms with E-state index in [1.54, 1.807) is 36.4 Å². The molecule has 182 valence electrons. The highest BCUT2D eigenvalue weighted by atomic mass is 32.2. The molecule has 1 atom stereocenters. The Labute approximate surface area is 199 Å². The summed E-state index contributed by atoms with van der Waals surface area (Å²) in [6.45, 7) is 3.28. The fraction of sp³-hybridized carbons (Fsp3) is 0.375. The minimum atomic E-state index is -3.68. The summed E-state index contributed by atoms with van der Waals surface area (Å²) in [5.41, 5.74) is 1.01. The summed E-state index contributed by atoms with van der Waals surface area (Å²) in [4.78, 5) is 36.5. The van der Waals surface area contributed by atoms with Gasteiger partial charge in [-0.05, 0) is 75.2 Å². The van der Waals surface area contributed by atoms with Gasteiger partial charge in [0.25, 0.3) is 5.91 Å². The van der Waals surface area contributed by atoms with E-state index in [1.165, 1.54) is 37.4 Å². The number of amides is 1. The maximum atomic E-state index is 12.9. The van der Waals surface area contributed by atoms with E-state index in [4.69, 9.17) is 9.47 Å². The van der Waals surface area contributed by atoms with E-state index in [1.807, 2.05) is 0 Å². The Morgan fingerprint density at radius 2 is 1.59 bits per heavy atom. The molecule has 10 heteroatoms. The average molecular weight is 489 g/mol. The third-order valence-corrected chi connectivity index (χ3v) is 7.62. The SMILES string of the molecule is COc1ccc(S(=O)(=O)N2CCC(C(=O)O[C@H](C)C(=O)Nc3ccc(C(C)=O)cc3)CC2)cc1. The highest BCUT2D eigenvalue weighted by molar-refractivity contribution is 7.89. The van der Waals surface area contributed by atoms with Gasteiger partial charge in [0.2, 0.25) is 10.0 Å². The second-order valence-electron chi connectivity index (χ2n) is 8.06. The van der Waals surface area contributed by atoms with Crippen molar-refractivity contribution in [2.45, 2.75) is 37.7 Å². The van der Waals surface area contributed by atoms with Crippen LogP contribution in [0.3, 0.4) is 0 Å². The Morgan fingerprint density at radius 1 is 1.00 bits per heavy atom. The molecule has 1 amide bonds. The van der Waals surface area contributed by atoms with Crippen LogP contribution in [0.2, 0.25) is 0 Å². The topological polar surface area (TPSA) is 119 Å². The Balaban J connectivity index is 1.51. The molecule has 1 N–H and O–H groups in total. The minimum absolute atomic E-state index is 0.0805. The van der Waals surface area contributed by atoms with Gasteiger partial charge in [-0.15, -0.1) is 0 Å². The van der Waals surface area contributed by atoms with Gasteiger partial charge in [-0.3, -0.25) is 14.4 Å². The Bertz CT molecular complexity index is 1140. The van der Waals surface area contributed by atoms with Crippen LogP contribution in [0, 0.1) is 5.92 Å². The maximum absolute atomic E-state index is 12.9. The van der Waals surface area contributed by atoms with Gasteiger partial charge in [0.05, 0.1) is 17.9 Å². The molecule has 0 saturated carbocycles. The number of hydrogen-bond acceptors (Lipinski definition) is 7. The molecule has 0 aromatic heterocycles. The highest BCUT2D eigenvalue weighted by Crippen LogP contribution is 2.26. The zero-order chi connectivity index (χ0) is 24.9. The van der Waals surface area contributed by atoms with Crippen LogP contribution in [-0.2, 0) is 24.3 Å². The number of hydrogen-bond donors (Lipinski definition) is 1. The lowest BCUT2D eigenvalue weighted by atomic mass is 9.98. The molecular weight excluding hydrogens is 460 g/mol. The van der Waals surface area contributed by atoms with Crippen molar-refractivity contribution in [2.75, 3.05) is 25.5 Å². The van der Waals surface area contributed by atoms with E-state index >= 15 is 0 Å². The van der Waals surface area contributed by atoms with Crippen LogP contribution >= 0.6 is 0 Å². The van der Waals surface area contributed by atoms with Crippen LogP contribution in [-0.4, -0.2) is 56.7 Å². The van der Waals surface area contributed by atoms with E-state index in [-0.39, 0.29) is 23.8 Å². The van der Waals surface area contributed by atoms with Crippen molar-refractivity contribution in [3.8, 4) is 5.75 Å². The van der Waals surface area contributed by atoms with Crippen molar-refractivity contribution in [1.29, 1.82) is 0 Å². The molecule has 0 spiro atoms. The molecule has 2 aromatic rings. The molecule has 1 fully saturated rings. The lowest BCUT2D eigenvalue weighted by Crippen LogP contribution is -2.41. The molecule has 0 unspecified atom stereocenters. The number of anilines is 1. The number of carbonyl (C=O) groups excluding carboxylic acids is 3. The van der Waals surface area contributed by atoms with E-state index in [2.05, 4.69) is 5.32 Å². The fourth-order valence-electron chi connectivity index (χ4n) is 3.58. The number of methoxy groups -OCH3 is 1. The molecule has 0 aliphatic carbocycles. The molecule has 0 radical (unpaired) electrons. The summed E-state index contributed by atoms with van der Waals surface area (Å²) in [6, 6.07) is 12.5. The lowest BCUT2D eigenvalue weighted by molar-refractivity contribution is -0.158. The van der Waals surface area contributed by atoms with Gasteiger partial charge >= 0.3 is 5.97 Å². The zero-order valence-corrected chi connectivity index (χ0v) is 20.1. The Kier molecular flexibility index (Phi) is 8.06. The first-order chi connectivity index (χ1) is 16.1. The summed E-state index contributed by atoms with van der Waals surface area (Å²) in [5, 5.41) is 2.65. The minimum Gasteiger partial charge on any atom is -0.497 e.